The molecule has 2 aliphatic heterocycles. The third kappa shape index (κ3) is 3.80. The maximum absolute atomic E-state index is 12.4. The monoisotopic (exact) mass is 384 g/mol. The molecule has 1 amide bonds. The van der Waals surface area contributed by atoms with E-state index in [9.17, 15) is 17.8 Å². The Morgan fingerprint density at radius 2 is 2.25 bits per heavy atom. The van der Waals surface area contributed by atoms with Crippen LogP contribution in [0.3, 0.4) is 0 Å². The molecule has 0 unspecified atom stereocenters. The number of thiocarbonyl (C=S) groups is 1. The molecule has 0 aromatic heterocycles. The van der Waals surface area contributed by atoms with Crippen LogP contribution in [-0.4, -0.2) is 46.5 Å². The first-order valence-corrected chi connectivity index (χ1v) is 10.0. The largest absolute Gasteiger partial charge is 0.748 e. The van der Waals surface area contributed by atoms with Crippen LogP contribution in [0.25, 0.3) is 6.08 Å². The maximum atomic E-state index is 12.4. The predicted octanol–water partition coefficient (Wildman–Crippen LogP) is 1.76. The van der Waals surface area contributed by atoms with E-state index in [-0.39, 0.29) is 22.9 Å². The summed E-state index contributed by atoms with van der Waals surface area (Å²) in [6, 6.07) is 5.69. The van der Waals surface area contributed by atoms with Crippen LogP contribution in [0, 0.1) is 0 Å². The maximum Gasteiger partial charge on any atom is 0.266 e. The summed E-state index contributed by atoms with van der Waals surface area (Å²) in [6.07, 6.45) is 2.68. The van der Waals surface area contributed by atoms with E-state index in [0.717, 1.165) is 40.0 Å². The zero-order chi connectivity index (χ0) is 17.5. The molecule has 24 heavy (non-hydrogen) atoms. The number of nitrogens with zero attached hydrogens (tertiary/aromatic N) is 1. The molecule has 128 valence electrons. The fourth-order valence-corrected chi connectivity index (χ4v) is 4.29. The number of hydrogen-bond acceptors (Lipinski definition) is 7. The first-order valence-electron chi connectivity index (χ1n) is 7.21. The molecule has 0 N–H and O–H groups in total. The van der Waals surface area contributed by atoms with Gasteiger partial charge in [-0.3, -0.25) is 9.69 Å². The van der Waals surface area contributed by atoms with Gasteiger partial charge in [-0.25, -0.2) is 8.42 Å². The highest BCUT2D eigenvalue weighted by atomic mass is 32.2. The van der Waals surface area contributed by atoms with Crippen molar-refractivity contribution in [2.45, 2.75) is 19.4 Å². The normalized spacial score (nSPS) is 22.2. The first kappa shape index (κ1) is 17.4. The van der Waals surface area contributed by atoms with Gasteiger partial charge < -0.3 is 9.29 Å². The van der Waals surface area contributed by atoms with E-state index < -0.39 is 15.9 Å². The lowest BCUT2D eigenvalue weighted by Gasteiger charge is -2.15. The molecule has 1 atom stereocenters. The highest BCUT2D eigenvalue weighted by Gasteiger charge is 2.32. The quantitative estimate of drug-likeness (QED) is 0.444. The van der Waals surface area contributed by atoms with Crippen LogP contribution >= 0.6 is 24.0 Å². The van der Waals surface area contributed by atoms with Crippen molar-refractivity contribution in [2.24, 2.45) is 0 Å². The van der Waals surface area contributed by atoms with E-state index in [0.29, 0.717) is 4.91 Å². The fraction of sp³-hybridized carbons (Fsp3) is 0.333. The second-order valence-corrected chi connectivity index (χ2v) is 8.79. The summed E-state index contributed by atoms with van der Waals surface area (Å²) < 4.78 is 38.1. The van der Waals surface area contributed by atoms with Crippen molar-refractivity contribution < 1.29 is 22.5 Å². The molecule has 0 bridgehead atoms. The van der Waals surface area contributed by atoms with Crippen molar-refractivity contribution >= 4 is 50.4 Å². The van der Waals surface area contributed by atoms with Crippen LogP contribution in [0.15, 0.2) is 23.1 Å². The van der Waals surface area contributed by atoms with Crippen molar-refractivity contribution in [2.75, 3.05) is 12.3 Å². The van der Waals surface area contributed by atoms with Crippen LogP contribution in [0.2, 0.25) is 0 Å². The van der Waals surface area contributed by atoms with Crippen LogP contribution in [0.1, 0.15) is 18.1 Å². The van der Waals surface area contributed by atoms with Gasteiger partial charge in [-0.1, -0.05) is 30.0 Å². The average Bonchev–Trinajstić information content (AvgIpc) is 2.96. The van der Waals surface area contributed by atoms with Crippen molar-refractivity contribution in [3.8, 4) is 5.75 Å². The minimum absolute atomic E-state index is 0.141. The predicted molar refractivity (Wildman–Crippen MR) is 94.7 cm³/mol. The van der Waals surface area contributed by atoms with Gasteiger partial charge in [-0.2, -0.15) is 0 Å². The summed E-state index contributed by atoms with van der Waals surface area (Å²) >= 11 is 6.21. The van der Waals surface area contributed by atoms with Gasteiger partial charge in [0.05, 0.1) is 20.8 Å². The zero-order valence-corrected chi connectivity index (χ0v) is 15.2. The van der Waals surface area contributed by atoms with E-state index in [1.54, 1.807) is 6.08 Å². The van der Waals surface area contributed by atoms with Crippen molar-refractivity contribution in [1.29, 1.82) is 0 Å². The van der Waals surface area contributed by atoms with E-state index in [4.69, 9.17) is 17.0 Å². The zero-order valence-electron chi connectivity index (χ0n) is 12.7. The van der Waals surface area contributed by atoms with E-state index >= 15 is 0 Å². The number of carbonyl (C=O) groups excluding carboxylic acids is 1. The Labute approximate surface area is 149 Å². The van der Waals surface area contributed by atoms with Crippen LogP contribution < -0.4 is 4.74 Å². The summed E-state index contributed by atoms with van der Waals surface area (Å²) in [5.74, 6) is -0.174. The van der Waals surface area contributed by atoms with E-state index in [1.165, 1.54) is 0 Å². The highest BCUT2D eigenvalue weighted by molar-refractivity contribution is 8.26. The van der Waals surface area contributed by atoms with Gasteiger partial charge in [0.15, 0.2) is 0 Å². The molecule has 2 heterocycles. The van der Waals surface area contributed by atoms with Gasteiger partial charge in [-0.05, 0) is 36.3 Å². The van der Waals surface area contributed by atoms with Gasteiger partial charge in [0.1, 0.15) is 16.2 Å². The molecule has 0 aliphatic carbocycles. The molecule has 6 nitrogen and oxygen atoms in total. The Hall–Kier alpha value is -1.42. The van der Waals surface area contributed by atoms with Crippen LogP contribution in [0.5, 0.6) is 5.75 Å². The topological polar surface area (TPSA) is 86.7 Å². The van der Waals surface area contributed by atoms with Crippen molar-refractivity contribution in [3.05, 3.63) is 34.2 Å². The molecule has 1 fully saturated rings. The third-order valence-electron chi connectivity index (χ3n) is 3.66. The number of ether oxygens (including phenoxy) is 1. The van der Waals surface area contributed by atoms with Crippen molar-refractivity contribution in [3.63, 3.8) is 0 Å². The molecule has 0 saturated carbocycles. The molecule has 2 aliphatic rings. The van der Waals surface area contributed by atoms with Crippen molar-refractivity contribution in [1.82, 2.24) is 4.90 Å². The summed E-state index contributed by atoms with van der Waals surface area (Å²) in [4.78, 5) is 13.9. The molecule has 1 aromatic rings. The molecule has 9 heteroatoms. The Balaban J connectivity index is 1.78. The smallest absolute Gasteiger partial charge is 0.266 e. The lowest BCUT2D eigenvalue weighted by molar-refractivity contribution is -0.121. The average molecular weight is 384 g/mol. The number of rotatable bonds is 4. The van der Waals surface area contributed by atoms with Gasteiger partial charge in [-0.15, -0.1) is 0 Å². The summed E-state index contributed by atoms with van der Waals surface area (Å²) in [6.45, 7) is 1.78. The second-order valence-electron chi connectivity index (χ2n) is 5.59. The number of carbonyl (C=O) groups is 1. The van der Waals surface area contributed by atoms with Gasteiger partial charge in [0, 0.05) is 13.0 Å². The third-order valence-corrected chi connectivity index (χ3v) is 5.72. The second kappa shape index (κ2) is 6.47. The standard InChI is InChI=1S/C15H15NO5S3/c1-9-6-11-7-10(2-3-12(11)21-9)8-13-14(17)16(15(22)23-13)4-5-24(18,19)20/h2-3,7-9H,4-6H2,1H3,(H,18,19,20)/p-1/b13-8-/t9-/m0/s1. The lowest BCUT2D eigenvalue weighted by Crippen LogP contribution is -2.32. The Bertz CT molecular complexity index is 847. The summed E-state index contributed by atoms with van der Waals surface area (Å²) in [5, 5.41) is 0. The first-order chi connectivity index (χ1) is 11.2. The Morgan fingerprint density at radius 3 is 2.96 bits per heavy atom. The summed E-state index contributed by atoms with van der Waals surface area (Å²) in [5.41, 5.74) is 1.94. The lowest BCUT2D eigenvalue weighted by atomic mass is 10.1. The number of hydrogen-bond donors (Lipinski definition) is 0. The van der Waals surface area contributed by atoms with Gasteiger partial charge in [0.25, 0.3) is 5.91 Å². The SMILES string of the molecule is C[C@H]1Cc2cc(/C=C3\SC(=S)N(CCS(=O)(=O)[O-])C3=O)ccc2O1. The minimum atomic E-state index is -4.39. The number of benzene rings is 1. The minimum Gasteiger partial charge on any atom is -0.748 e. The molecule has 1 saturated heterocycles. The molecule has 1 aromatic carbocycles. The van der Waals surface area contributed by atoms with E-state index in [2.05, 4.69) is 0 Å². The van der Waals surface area contributed by atoms with Gasteiger partial charge >= 0.3 is 0 Å². The van der Waals surface area contributed by atoms with E-state index in [1.807, 2.05) is 25.1 Å². The van der Waals surface area contributed by atoms with Crippen LogP contribution in [0.4, 0.5) is 0 Å². The number of fused-ring (bicyclic) bond motifs is 1. The summed E-state index contributed by atoms with van der Waals surface area (Å²) in [7, 11) is -4.39. The Morgan fingerprint density at radius 1 is 1.50 bits per heavy atom. The Kier molecular flexibility index (Phi) is 4.69. The van der Waals surface area contributed by atoms with Gasteiger partial charge in [0.2, 0.25) is 0 Å². The number of amides is 1. The molecule has 0 radical (unpaired) electrons. The molecular formula is C15H14NO5S3-. The highest BCUT2D eigenvalue weighted by Crippen LogP contribution is 2.34. The van der Waals surface area contributed by atoms with Crippen LogP contribution in [-0.2, 0) is 21.3 Å². The molecule has 0 spiro atoms. The number of thioether (sulfide) groups is 1. The molecule has 3 rings (SSSR count). The molecular weight excluding hydrogens is 370 g/mol. The fourth-order valence-electron chi connectivity index (χ4n) is 2.58.